The highest BCUT2D eigenvalue weighted by Crippen LogP contribution is 2.42. The summed E-state index contributed by atoms with van der Waals surface area (Å²) in [5.74, 6) is -0.207. The van der Waals surface area contributed by atoms with E-state index in [0.717, 1.165) is 11.1 Å². The monoisotopic (exact) mass is 472 g/mol. The van der Waals surface area contributed by atoms with E-state index in [-0.39, 0.29) is 19.8 Å². The first-order valence-electron chi connectivity index (χ1n) is 11.7. The van der Waals surface area contributed by atoms with Crippen LogP contribution in [-0.2, 0) is 23.8 Å². The summed E-state index contributed by atoms with van der Waals surface area (Å²) < 4.78 is 22.6. The molecular weight excluding hydrogens is 444 g/mol. The number of hydrogen-bond donors (Lipinski definition) is 0. The topological polar surface area (TPSA) is 71.1 Å². The number of para-hydroxylation sites is 1. The second kappa shape index (κ2) is 11.0. The molecule has 1 aliphatic heterocycles. The summed E-state index contributed by atoms with van der Waals surface area (Å²) in [6.07, 6.45) is 0.367. The number of carbonyl (C=O) groups is 2. The average molecular weight is 473 g/mol. The van der Waals surface area contributed by atoms with Crippen molar-refractivity contribution in [2.24, 2.45) is 0 Å². The highest BCUT2D eigenvalue weighted by Gasteiger charge is 2.57. The second-order valence-electron chi connectivity index (χ2n) is 7.88. The highest BCUT2D eigenvalue weighted by atomic mass is 16.6. The quantitative estimate of drug-likeness (QED) is 0.316. The molecule has 1 saturated heterocycles. The molecule has 0 amide bonds. The van der Waals surface area contributed by atoms with E-state index >= 15 is 0 Å². The molecule has 180 valence electrons. The lowest BCUT2D eigenvalue weighted by molar-refractivity contribution is -0.180. The van der Waals surface area contributed by atoms with E-state index in [0.29, 0.717) is 29.1 Å². The van der Waals surface area contributed by atoms with Crippen LogP contribution >= 0.6 is 0 Å². The minimum atomic E-state index is -1.96. The third-order valence-electron chi connectivity index (χ3n) is 5.69. The Morgan fingerprint density at radius 2 is 1.34 bits per heavy atom. The maximum atomic E-state index is 13.3. The SMILES string of the molecule is CCOC(=O)C1(C(=O)OCC)OCC/C1=C(/c1ccccc1)c1cccc(Oc2ccccc2)c1. The Hall–Kier alpha value is -3.90. The zero-order chi connectivity index (χ0) is 24.7. The Morgan fingerprint density at radius 1 is 0.771 bits per heavy atom. The number of esters is 2. The number of hydrogen-bond acceptors (Lipinski definition) is 6. The van der Waals surface area contributed by atoms with Gasteiger partial charge in [-0.25, -0.2) is 9.59 Å². The summed E-state index contributed by atoms with van der Waals surface area (Å²) in [5.41, 5.74) is 0.874. The molecule has 0 aromatic heterocycles. The first kappa shape index (κ1) is 24.2. The maximum Gasteiger partial charge on any atom is 0.354 e. The van der Waals surface area contributed by atoms with Crippen LogP contribution in [0.25, 0.3) is 5.57 Å². The molecule has 35 heavy (non-hydrogen) atoms. The van der Waals surface area contributed by atoms with E-state index in [1.165, 1.54) is 0 Å². The van der Waals surface area contributed by atoms with Crippen molar-refractivity contribution < 1.29 is 28.5 Å². The third kappa shape index (κ3) is 4.98. The largest absolute Gasteiger partial charge is 0.463 e. The maximum absolute atomic E-state index is 13.3. The zero-order valence-corrected chi connectivity index (χ0v) is 19.9. The molecule has 0 N–H and O–H groups in total. The molecule has 0 spiro atoms. The molecule has 0 radical (unpaired) electrons. The van der Waals surface area contributed by atoms with Crippen LogP contribution in [0.3, 0.4) is 0 Å². The minimum absolute atomic E-state index is 0.109. The number of rotatable bonds is 8. The molecule has 0 saturated carbocycles. The molecule has 3 aromatic rings. The van der Waals surface area contributed by atoms with Gasteiger partial charge in [-0.15, -0.1) is 0 Å². The number of benzene rings is 3. The van der Waals surface area contributed by atoms with Gasteiger partial charge in [0, 0.05) is 0 Å². The fourth-order valence-electron chi connectivity index (χ4n) is 4.24. The van der Waals surface area contributed by atoms with Crippen LogP contribution in [0.15, 0.2) is 90.5 Å². The second-order valence-corrected chi connectivity index (χ2v) is 7.88. The van der Waals surface area contributed by atoms with Gasteiger partial charge in [0.1, 0.15) is 11.5 Å². The van der Waals surface area contributed by atoms with Crippen LogP contribution in [0.1, 0.15) is 31.4 Å². The number of ether oxygens (including phenoxy) is 4. The molecule has 0 unspecified atom stereocenters. The lowest BCUT2D eigenvalue weighted by Gasteiger charge is -2.27. The van der Waals surface area contributed by atoms with Gasteiger partial charge in [-0.2, -0.15) is 0 Å². The third-order valence-corrected chi connectivity index (χ3v) is 5.69. The Morgan fingerprint density at radius 3 is 1.97 bits per heavy atom. The summed E-state index contributed by atoms with van der Waals surface area (Å²) >= 11 is 0. The first-order valence-corrected chi connectivity index (χ1v) is 11.7. The lowest BCUT2D eigenvalue weighted by atomic mass is 9.83. The van der Waals surface area contributed by atoms with E-state index in [2.05, 4.69) is 0 Å². The van der Waals surface area contributed by atoms with Gasteiger partial charge in [0.05, 0.1) is 19.8 Å². The molecule has 3 aromatic carbocycles. The predicted octanol–water partition coefficient (Wildman–Crippen LogP) is 5.57. The van der Waals surface area contributed by atoms with Crippen molar-refractivity contribution in [1.82, 2.24) is 0 Å². The van der Waals surface area contributed by atoms with Gasteiger partial charge in [-0.1, -0.05) is 60.7 Å². The summed E-state index contributed by atoms with van der Waals surface area (Å²) in [4.78, 5) is 26.5. The summed E-state index contributed by atoms with van der Waals surface area (Å²) in [6.45, 7) is 3.79. The van der Waals surface area contributed by atoms with Crippen molar-refractivity contribution in [1.29, 1.82) is 0 Å². The molecule has 1 aliphatic rings. The average Bonchev–Trinajstić information content (AvgIpc) is 3.32. The fourth-order valence-corrected chi connectivity index (χ4v) is 4.24. The molecule has 1 heterocycles. The fraction of sp³-hybridized carbons (Fsp3) is 0.241. The molecule has 0 aliphatic carbocycles. The van der Waals surface area contributed by atoms with E-state index in [1.54, 1.807) is 13.8 Å². The van der Waals surface area contributed by atoms with Crippen LogP contribution in [0, 0.1) is 0 Å². The Labute approximate surface area is 205 Å². The molecule has 1 fully saturated rings. The lowest BCUT2D eigenvalue weighted by Crippen LogP contribution is -2.50. The van der Waals surface area contributed by atoms with Crippen molar-refractivity contribution in [3.63, 3.8) is 0 Å². The predicted molar refractivity (Wildman–Crippen MR) is 132 cm³/mol. The first-order chi connectivity index (χ1) is 17.1. The van der Waals surface area contributed by atoms with Crippen molar-refractivity contribution in [3.8, 4) is 11.5 Å². The van der Waals surface area contributed by atoms with Crippen molar-refractivity contribution in [3.05, 3.63) is 102 Å². The smallest absolute Gasteiger partial charge is 0.354 e. The van der Waals surface area contributed by atoms with E-state index in [1.807, 2.05) is 84.9 Å². The van der Waals surface area contributed by atoms with Gasteiger partial charge < -0.3 is 18.9 Å². The van der Waals surface area contributed by atoms with Gasteiger partial charge >= 0.3 is 11.9 Å². The van der Waals surface area contributed by atoms with Crippen LogP contribution in [-0.4, -0.2) is 37.4 Å². The Kier molecular flexibility index (Phi) is 7.63. The van der Waals surface area contributed by atoms with E-state index in [4.69, 9.17) is 18.9 Å². The highest BCUT2D eigenvalue weighted by molar-refractivity contribution is 6.10. The van der Waals surface area contributed by atoms with Crippen molar-refractivity contribution in [2.45, 2.75) is 25.9 Å². The van der Waals surface area contributed by atoms with Crippen LogP contribution in [0.2, 0.25) is 0 Å². The van der Waals surface area contributed by atoms with E-state index < -0.39 is 17.5 Å². The molecule has 4 rings (SSSR count). The number of carbonyl (C=O) groups excluding carboxylic acids is 2. The van der Waals surface area contributed by atoms with E-state index in [9.17, 15) is 9.59 Å². The zero-order valence-electron chi connectivity index (χ0n) is 19.9. The molecule has 0 bridgehead atoms. The van der Waals surface area contributed by atoms with Gasteiger partial charge in [-0.05, 0) is 66.8 Å². The van der Waals surface area contributed by atoms with Gasteiger partial charge in [-0.3, -0.25) is 0 Å². The van der Waals surface area contributed by atoms with Gasteiger partial charge in [0.2, 0.25) is 0 Å². The van der Waals surface area contributed by atoms with Crippen molar-refractivity contribution >= 4 is 17.5 Å². The van der Waals surface area contributed by atoms with Gasteiger partial charge in [0.15, 0.2) is 0 Å². The molecule has 0 atom stereocenters. The Balaban J connectivity index is 1.91. The van der Waals surface area contributed by atoms with Crippen LogP contribution < -0.4 is 4.74 Å². The standard InChI is InChI=1S/C29H28O6/c1-3-32-27(30)29(28(31)33-4-2)25(18-19-34-29)26(21-12-7-5-8-13-21)22-14-11-17-24(20-22)35-23-15-9-6-10-16-23/h5-17,20H,3-4,18-19H2,1-2H3/b26-25+. The van der Waals surface area contributed by atoms with Crippen LogP contribution in [0.4, 0.5) is 0 Å². The van der Waals surface area contributed by atoms with Crippen LogP contribution in [0.5, 0.6) is 11.5 Å². The molecule has 6 heteroatoms. The minimum Gasteiger partial charge on any atom is -0.463 e. The summed E-state index contributed by atoms with van der Waals surface area (Å²) in [5, 5.41) is 0. The van der Waals surface area contributed by atoms with Crippen molar-refractivity contribution in [2.75, 3.05) is 19.8 Å². The molecule has 6 nitrogen and oxygen atoms in total. The van der Waals surface area contributed by atoms with Gasteiger partial charge in [0.25, 0.3) is 5.60 Å². The Bertz CT molecular complexity index is 1180. The summed E-state index contributed by atoms with van der Waals surface area (Å²) in [6, 6.07) is 26.6. The normalized spacial score (nSPS) is 15.8. The summed E-state index contributed by atoms with van der Waals surface area (Å²) in [7, 11) is 0. The molecular formula is C29H28O6.